The predicted molar refractivity (Wildman–Crippen MR) is 56.0 cm³/mol. The first-order valence-corrected chi connectivity index (χ1v) is 4.97. The maximum absolute atomic E-state index is 5.53. The molecule has 0 radical (unpaired) electrons. The lowest BCUT2D eigenvalue weighted by atomic mass is 9.92. The van der Waals surface area contributed by atoms with E-state index in [4.69, 9.17) is 4.42 Å². The van der Waals surface area contributed by atoms with Crippen LogP contribution in [0.1, 0.15) is 45.9 Å². The van der Waals surface area contributed by atoms with Crippen LogP contribution in [-0.2, 0) is 11.8 Å². The molecule has 1 aromatic rings. The van der Waals surface area contributed by atoms with Gasteiger partial charge in [0.05, 0.1) is 6.26 Å². The molecule has 0 saturated heterocycles. The monoisotopic (exact) mass is 180 g/mol. The fraction of sp³-hybridized carbons (Fsp3) is 0.667. The number of furan rings is 1. The third-order valence-corrected chi connectivity index (χ3v) is 2.04. The van der Waals surface area contributed by atoms with Crippen LogP contribution >= 0.6 is 0 Å². The molecule has 0 atom stereocenters. The van der Waals surface area contributed by atoms with E-state index in [0.717, 1.165) is 12.2 Å². The van der Waals surface area contributed by atoms with Crippen molar-refractivity contribution in [3.8, 4) is 0 Å². The second-order valence-electron chi connectivity index (χ2n) is 5.17. The van der Waals surface area contributed by atoms with E-state index in [9.17, 15) is 0 Å². The summed E-state index contributed by atoms with van der Waals surface area (Å²) >= 11 is 0. The summed E-state index contributed by atoms with van der Waals surface area (Å²) in [7, 11) is 0. The zero-order valence-electron chi connectivity index (χ0n) is 9.35. The Hall–Kier alpha value is -0.720. The van der Waals surface area contributed by atoms with Gasteiger partial charge in [-0.3, -0.25) is 0 Å². The Morgan fingerprint density at radius 3 is 2.31 bits per heavy atom. The molecule has 0 spiro atoms. The minimum absolute atomic E-state index is 0.134. The Bertz CT molecular complexity index is 263. The highest BCUT2D eigenvalue weighted by Gasteiger charge is 2.18. The lowest BCUT2D eigenvalue weighted by Gasteiger charge is -2.13. The summed E-state index contributed by atoms with van der Waals surface area (Å²) in [5.74, 6) is 1.79. The molecule has 0 fully saturated rings. The molecular weight excluding hydrogens is 160 g/mol. The molecule has 13 heavy (non-hydrogen) atoms. The van der Waals surface area contributed by atoms with Gasteiger partial charge in [-0.1, -0.05) is 34.6 Å². The lowest BCUT2D eigenvalue weighted by molar-refractivity contribution is 0.408. The van der Waals surface area contributed by atoms with Crippen LogP contribution in [0, 0.1) is 5.92 Å². The minimum atomic E-state index is 0.134. The molecular formula is C12H20O. The zero-order valence-corrected chi connectivity index (χ0v) is 9.35. The van der Waals surface area contributed by atoms with Crippen LogP contribution in [0.15, 0.2) is 16.7 Å². The van der Waals surface area contributed by atoms with E-state index in [1.165, 1.54) is 5.56 Å². The fourth-order valence-electron chi connectivity index (χ4n) is 1.35. The highest BCUT2D eigenvalue weighted by atomic mass is 16.3. The van der Waals surface area contributed by atoms with E-state index >= 15 is 0 Å². The minimum Gasteiger partial charge on any atom is -0.469 e. The largest absolute Gasteiger partial charge is 0.469 e. The van der Waals surface area contributed by atoms with E-state index < -0.39 is 0 Å². The van der Waals surface area contributed by atoms with Crippen molar-refractivity contribution >= 4 is 0 Å². The molecule has 1 heterocycles. The van der Waals surface area contributed by atoms with Gasteiger partial charge in [-0.25, -0.2) is 0 Å². The zero-order chi connectivity index (χ0) is 10.1. The summed E-state index contributed by atoms with van der Waals surface area (Å²) in [6.07, 6.45) is 3.00. The molecule has 0 aliphatic heterocycles. The van der Waals surface area contributed by atoms with Crippen molar-refractivity contribution in [2.24, 2.45) is 5.92 Å². The van der Waals surface area contributed by atoms with Crippen LogP contribution in [0.25, 0.3) is 0 Å². The predicted octanol–water partition coefficient (Wildman–Crippen LogP) is 3.78. The molecule has 0 unspecified atom stereocenters. The van der Waals surface area contributed by atoms with Crippen LogP contribution in [0.3, 0.4) is 0 Å². The first-order chi connectivity index (χ1) is 5.89. The molecule has 0 aliphatic rings. The van der Waals surface area contributed by atoms with Crippen molar-refractivity contribution in [2.75, 3.05) is 0 Å². The topological polar surface area (TPSA) is 13.1 Å². The number of hydrogen-bond donors (Lipinski definition) is 0. The van der Waals surface area contributed by atoms with Gasteiger partial charge in [0.25, 0.3) is 0 Å². The second-order valence-corrected chi connectivity index (χ2v) is 5.17. The average Bonchev–Trinajstić information content (AvgIpc) is 2.32. The Morgan fingerprint density at radius 2 is 1.92 bits per heavy atom. The average molecular weight is 180 g/mol. The summed E-state index contributed by atoms with van der Waals surface area (Å²) < 4.78 is 5.53. The fourth-order valence-corrected chi connectivity index (χ4v) is 1.35. The standard InChI is InChI=1S/C12H20O/c1-9(2)6-10-7-11(13-8-10)12(3,4)5/h7-9H,6H2,1-5H3. The van der Waals surface area contributed by atoms with Gasteiger partial charge in [-0.15, -0.1) is 0 Å². The second kappa shape index (κ2) is 3.57. The summed E-state index contributed by atoms with van der Waals surface area (Å²) in [6.45, 7) is 11.0. The van der Waals surface area contributed by atoms with Gasteiger partial charge < -0.3 is 4.42 Å². The third kappa shape index (κ3) is 2.91. The van der Waals surface area contributed by atoms with E-state index in [0.29, 0.717) is 5.92 Å². The van der Waals surface area contributed by atoms with E-state index in [1.54, 1.807) is 0 Å². The van der Waals surface area contributed by atoms with Gasteiger partial charge in [0, 0.05) is 5.41 Å². The van der Waals surface area contributed by atoms with Gasteiger partial charge in [0.2, 0.25) is 0 Å². The summed E-state index contributed by atoms with van der Waals surface area (Å²) in [5.41, 5.74) is 1.45. The Balaban J connectivity index is 2.75. The van der Waals surface area contributed by atoms with Crippen LogP contribution in [0.5, 0.6) is 0 Å². The van der Waals surface area contributed by atoms with Crippen LogP contribution in [0.4, 0.5) is 0 Å². The summed E-state index contributed by atoms with van der Waals surface area (Å²) in [6, 6.07) is 2.18. The maximum atomic E-state index is 5.53. The van der Waals surface area contributed by atoms with Gasteiger partial charge >= 0.3 is 0 Å². The first kappa shape index (κ1) is 10.4. The van der Waals surface area contributed by atoms with E-state index in [1.807, 2.05) is 6.26 Å². The molecule has 1 rings (SSSR count). The van der Waals surface area contributed by atoms with Crippen molar-refractivity contribution in [2.45, 2.75) is 46.5 Å². The van der Waals surface area contributed by atoms with Crippen LogP contribution in [0.2, 0.25) is 0 Å². The summed E-state index contributed by atoms with van der Waals surface area (Å²) in [5, 5.41) is 0. The molecule has 0 bridgehead atoms. The Kier molecular flexibility index (Phi) is 2.84. The van der Waals surface area contributed by atoms with Crippen molar-refractivity contribution < 1.29 is 4.42 Å². The van der Waals surface area contributed by atoms with Gasteiger partial charge in [0.1, 0.15) is 5.76 Å². The van der Waals surface area contributed by atoms with Gasteiger partial charge in [0.15, 0.2) is 0 Å². The van der Waals surface area contributed by atoms with Gasteiger partial charge in [-0.2, -0.15) is 0 Å². The first-order valence-electron chi connectivity index (χ1n) is 4.97. The molecule has 74 valence electrons. The number of hydrogen-bond acceptors (Lipinski definition) is 1. The maximum Gasteiger partial charge on any atom is 0.109 e. The molecule has 0 saturated carbocycles. The molecule has 1 aromatic heterocycles. The van der Waals surface area contributed by atoms with Crippen molar-refractivity contribution in [1.82, 2.24) is 0 Å². The van der Waals surface area contributed by atoms with E-state index in [2.05, 4.69) is 40.7 Å². The van der Waals surface area contributed by atoms with Crippen molar-refractivity contribution in [3.05, 3.63) is 23.7 Å². The third-order valence-electron chi connectivity index (χ3n) is 2.04. The highest BCUT2D eigenvalue weighted by Crippen LogP contribution is 2.25. The molecule has 0 aromatic carbocycles. The lowest BCUT2D eigenvalue weighted by Crippen LogP contribution is -2.09. The van der Waals surface area contributed by atoms with Crippen LogP contribution in [-0.4, -0.2) is 0 Å². The van der Waals surface area contributed by atoms with E-state index in [-0.39, 0.29) is 5.41 Å². The smallest absolute Gasteiger partial charge is 0.109 e. The van der Waals surface area contributed by atoms with Crippen LogP contribution < -0.4 is 0 Å². The Morgan fingerprint density at radius 1 is 1.31 bits per heavy atom. The Labute approximate surface area is 81.1 Å². The SMILES string of the molecule is CC(C)Cc1coc(C(C)(C)C)c1. The normalized spacial score (nSPS) is 12.5. The molecule has 0 N–H and O–H groups in total. The quantitative estimate of drug-likeness (QED) is 0.675. The van der Waals surface area contributed by atoms with Crippen molar-refractivity contribution in [3.63, 3.8) is 0 Å². The molecule has 1 nitrogen and oxygen atoms in total. The molecule has 0 aliphatic carbocycles. The van der Waals surface area contributed by atoms with Gasteiger partial charge in [-0.05, 0) is 24.0 Å². The molecule has 1 heteroatoms. The highest BCUT2D eigenvalue weighted by molar-refractivity contribution is 5.18. The number of rotatable bonds is 2. The molecule has 0 amide bonds. The van der Waals surface area contributed by atoms with Crippen molar-refractivity contribution in [1.29, 1.82) is 0 Å². The summed E-state index contributed by atoms with van der Waals surface area (Å²) in [4.78, 5) is 0.